The van der Waals surface area contributed by atoms with Gasteiger partial charge in [-0.15, -0.1) is 0 Å². The molecule has 0 radical (unpaired) electrons. The van der Waals surface area contributed by atoms with Crippen LogP contribution in [0.25, 0.3) is 0 Å². The largest absolute Gasteiger partial charge is 0.378 e. The molecule has 0 spiro atoms. The summed E-state index contributed by atoms with van der Waals surface area (Å²) in [6, 6.07) is 10.0. The zero-order valence-electron chi connectivity index (χ0n) is 12.3. The first-order valence-corrected chi connectivity index (χ1v) is 7.18. The van der Waals surface area contributed by atoms with Crippen molar-refractivity contribution in [1.82, 2.24) is 0 Å². The number of aryl methyl sites for hydroxylation is 3. The van der Waals surface area contributed by atoms with Gasteiger partial charge in [0.25, 0.3) is 0 Å². The third kappa shape index (κ3) is 2.20. The fourth-order valence-electron chi connectivity index (χ4n) is 3.34. The third-order valence-electron chi connectivity index (χ3n) is 4.21. The summed E-state index contributed by atoms with van der Waals surface area (Å²) in [5, 5.41) is 3.62. The van der Waals surface area contributed by atoms with Gasteiger partial charge in [0.2, 0.25) is 0 Å². The van der Waals surface area contributed by atoms with Gasteiger partial charge in [0.1, 0.15) is 5.82 Å². The molecule has 0 amide bonds. The van der Waals surface area contributed by atoms with Gasteiger partial charge in [-0.1, -0.05) is 29.8 Å². The Labute approximate surface area is 119 Å². The average Bonchev–Trinajstić information content (AvgIpc) is 2.78. The Bertz CT molecular complexity index is 637. The first-order valence-electron chi connectivity index (χ1n) is 7.18. The monoisotopic (exact) mass is 269 g/mol. The van der Waals surface area contributed by atoms with Crippen molar-refractivity contribution in [1.29, 1.82) is 0 Å². The van der Waals surface area contributed by atoms with E-state index in [9.17, 15) is 4.39 Å². The molecule has 1 aliphatic carbocycles. The standard InChI is InChI=1S/C18H20FN/c1-11-9-12(2)18(13(3)10-11)20-17-8-7-14-15(17)5-4-6-16(14)19/h4-6,9-10,17,20H,7-8H2,1-3H3. The zero-order valence-corrected chi connectivity index (χ0v) is 12.3. The molecule has 20 heavy (non-hydrogen) atoms. The van der Waals surface area contributed by atoms with Crippen molar-refractivity contribution in [3.63, 3.8) is 0 Å². The molecule has 1 N–H and O–H groups in total. The lowest BCUT2D eigenvalue weighted by Gasteiger charge is -2.20. The maximum atomic E-state index is 13.8. The highest BCUT2D eigenvalue weighted by atomic mass is 19.1. The summed E-state index contributed by atoms with van der Waals surface area (Å²) >= 11 is 0. The molecule has 2 aromatic carbocycles. The van der Waals surface area contributed by atoms with Crippen molar-refractivity contribution in [2.45, 2.75) is 39.7 Å². The predicted molar refractivity (Wildman–Crippen MR) is 81.7 cm³/mol. The van der Waals surface area contributed by atoms with Crippen molar-refractivity contribution in [2.24, 2.45) is 0 Å². The van der Waals surface area contributed by atoms with Gasteiger partial charge in [0, 0.05) is 5.69 Å². The highest BCUT2D eigenvalue weighted by molar-refractivity contribution is 5.60. The van der Waals surface area contributed by atoms with Crippen LogP contribution in [-0.4, -0.2) is 0 Å². The van der Waals surface area contributed by atoms with E-state index in [1.807, 2.05) is 12.1 Å². The fraction of sp³-hybridized carbons (Fsp3) is 0.333. The van der Waals surface area contributed by atoms with E-state index in [-0.39, 0.29) is 11.9 Å². The van der Waals surface area contributed by atoms with Crippen LogP contribution >= 0.6 is 0 Å². The van der Waals surface area contributed by atoms with Gasteiger partial charge >= 0.3 is 0 Å². The van der Waals surface area contributed by atoms with Crippen molar-refractivity contribution in [3.05, 3.63) is 64.0 Å². The summed E-state index contributed by atoms with van der Waals surface area (Å²) in [4.78, 5) is 0. The van der Waals surface area contributed by atoms with E-state index in [4.69, 9.17) is 0 Å². The summed E-state index contributed by atoms with van der Waals surface area (Å²) in [5.41, 5.74) is 6.98. The van der Waals surface area contributed by atoms with Crippen LogP contribution in [0.1, 0.15) is 40.3 Å². The second-order valence-corrected chi connectivity index (χ2v) is 5.82. The van der Waals surface area contributed by atoms with Gasteiger partial charge in [-0.25, -0.2) is 4.39 Å². The Morgan fingerprint density at radius 1 is 1.10 bits per heavy atom. The van der Waals surface area contributed by atoms with Gasteiger partial charge in [-0.05, 0) is 61.9 Å². The minimum atomic E-state index is -0.0656. The van der Waals surface area contributed by atoms with Crippen molar-refractivity contribution in [2.75, 3.05) is 5.32 Å². The van der Waals surface area contributed by atoms with Gasteiger partial charge in [-0.3, -0.25) is 0 Å². The molecule has 2 aromatic rings. The Kier molecular flexibility index (Phi) is 3.25. The maximum Gasteiger partial charge on any atom is 0.126 e. The van der Waals surface area contributed by atoms with Crippen LogP contribution in [0.5, 0.6) is 0 Å². The zero-order chi connectivity index (χ0) is 14.3. The van der Waals surface area contributed by atoms with Gasteiger partial charge in [0.15, 0.2) is 0 Å². The third-order valence-corrected chi connectivity index (χ3v) is 4.21. The quantitative estimate of drug-likeness (QED) is 0.821. The average molecular weight is 269 g/mol. The molecule has 0 saturated carbocycles. The SMILES string of the molecule is Cc1cc(C)c(NC2CCc3c(F)cccc32)c(C)c1. The lowest BCUT2D eigenvalue weighted by atomic mass is 10.0. The molecule has 1 aliphatic rings. The normalized spacial score (nSPS) is 17.1. The van der Waals surface area contributed by atoms with Gasteiger partial charge in [0.05, 0.1) is 6.04 Å². The number of benzene rings is 2. The first kappa shape index (κ1) is 13.2. The lowest BCUT2D eigenvalue weighted by molar-refractivity contribution is 0.612. The van der Waals surface area contributed by atoms with E-state index >= 15 is 0 Å². The van der Waals surface area contributed by atoms with Gasteiger partial charge in [-0.2, -0.15) is 0 Å². The molecule has 104 valence electrons. The van der Waals surface area contributed by atoms with Crippen molar-refractivity contribution >= 4 is 5.69 Å². The Morgan fingerprint density at radius 2 is 1.80 bits per heavy atom. The highest BCUT2D eigenvalue weighted by Gasteiger charge is 2.25. The molecule has 2 heteroatoms. The van der Waals surface area contributed by atoms with Crippen LogP contribution < -0.4 is 5.32 Å². The van der Waals surface area contributed by atoms with E-state index < -0.39 is 0 Å². The van der Waals surface area contributed by atoms with Crippen LogP contribution in [-0.2, 0) is 6.42 Å². The van der Waals surface area contributed by atoms with Crippen LogP contribution in [0.3, 0.4) is 0 Å². The van der Waals surface area contributed by atoms with Crippen molar-refractivity contribution in [3.8, 4) is 0 Å². The van der Waals surface area contributed by atoms with Crippen LogP contribution in [0.2, 0.25) is 0 Å². The summed E-state index contributed by atoms with van der Waals surface area (Å²) < 4.78 is 13.8. The van der Waals surface area contributed by atoms with Crippen LogP contribution in [0.4, 0.5) is 10.1 Å². The Morgan fingerprint density at radius 3 is 2.50 bits per heavy atom. The Balaban J connectivity index is 1.94. The molecule has 0 aromatic heterocycles. The van der Waals surface area contributed by atoms with Crippen molar-refractivity contribution < 1.29 is 4.39 Å². The molecule has 0 bridgehead atoms. The fourth-order valence-corrected chi connectivity index (χ4v) is 3.34. The number of fused-ring (bicyclic) bond motifs is 1. The van der Waals surface area contributed by atoms with E-state index in [1.54, 1.807) is 6.07 Å². The molecule has 3 rings (SSSR count). The summed E-state index contributed by atoms with van der Waals surface area (Å²) in [6.45, 7) is 6.37. The molecular weight excluding hydrogens is 249 g/mol. The van der Waals surface area contributed by atoms with E-state index in [0.717, 1.165) is 24.0 Å². The minimum Gasteiger partial charge on any atom is -0.378 e. The molecule has 0 heterocycles. The number of halogens is 1. The second kappa shape index (κ2) is 4.93. The number of hydrogen-bond acceptors (Lipinski definition) is 1. The minimum absolute atomic E-state index is 0.0656. The van der Waals surface area contributed by atoms with Crippen LogP contribution in [0, 0.1) is 26.6 Å². The smallest absolute Gasteiger partial charge is 0.126 e. The topological polar surface area (TPSA) is 12.0 Å². The summed E-state index contributed by atoms with van der Waals surface area (Å²) in [6.07, 6.45) is 1.78. The molecule has 0 saturated heterocycles. The predicted octanol–water partition coefficient (Wildman–Crippen LogP) is 4.85. The molecule has 1 nitrogen and oxygen atoms in total. The molecule has 1 unspecified atom stereocenters. The van der Waals surface area contributed by atoms with E-state index in [0.29, 0.717) is 0 Å². The number of rotatable bonds is 2. The maximum absolute atomic E-state index is 13.8. The number of nitrogens with one attached hydrogen (secondary N) is 1. The number of hydrogen-bond donors (Lipinski definition) is 1. The molecule has 1 atom stereocenters. The van der Waals surface area contributed by atoms with E-state index in [2.05, 4.69) is 38.2 Å². The highest BCUT2D eigenvalue weighted by Crippen LogP contribution is 2.36. The second-order valence-electron chi connectivity index (χ2n) is 5.82. The number of anilines is 1. The lowest BCUT2D eigenvalue weighted by Crippen LogP contribution is -2.09. The Hall–Kier alpha value is -1.83. The molecule has 0 aliphatic heterocycles. The van der Waals surface area contributed by atoms with E-state index in [1.165, 1.54) is 22.4 Å². The summed E-state index contributed by atoms with van der Waals surface area (Å²) in [5.74, 6) is -0.0656. The summed E-state index contributed by atoms with van der Waals surface area (Å²) in [7, 11) is 0. The molecular formula is C18H20FN. The van der Waals surface area contributed by atoms with Crippen LogP contribution in [0.15, 0.2) is 30.3 Å². The van der Waals surface area contributed by atoms with Gasteiger partial charge < -0.3 is 5.32 Å². The first-order chi connectivity index (χ1) is 9.56. The molecule has 0 fully saturated rings.